The van der Waals surface area contributed by atoms with Crippen LogP contribution >= 0.6 is 0 Å². The van der Waals surface area contributed by atoms with E-state index in [0.717, 1.165) is 23.7 Å². The van der Waals surface area contributed by atoms with E-state index in [0.29, 0.717) is 0 Å². The second-order valence-electron chi connectivity index (χ2n) is 5.92. The minimum absolute atomic E-state index is 0.857. The Bertz CT molecular complexity index is 148. The van der Waals surface area contributed by atoms with Crippen molar-refractivity contribution in [2.75, 3.05) is 0 Å². The van der Waals surface area contributed by atoms with Crippen LogP contribution in [0.3, 0.4) is 0 Å². The summed E-state index contributed by atoms with van der Waals surface area (Å²) < 4.78 is 0. The van der Waals surface area contributed by atoms with E-state index in [4.69, 9.17) is 0 Å². The van der Waals surface area contributed by atoms with Crippen LogP contribution in [-0.4, -0.2) is 0 Å². The van der Waals surface area contributed by atoms with Crippen molar-refractivity contribution in [3.63, 3.8) is 0 Å². The molecular weight excluding hydrogens is 192 g/mol. The molecule has 0 fully saturated rings. The summed E-state index contributed by atoms with van der Waals surface area (Å²) in [5.74, 6) is 3.69. The first-order valence-electron chi connectivity index (χ1n) is 7.58. The maximum absolute atomic E-state index is 2.48. The maximum Gasteiger partial charge on any atom is -0.0358 e. The van der Waals surface area contributed by atoms with Gasteiger partial charge in [-0.2, -0.15) is 0 Å². The molecule has 0 N–H and O–H groups in total. The van der Waals surface area contributed by atoms with Gasteiger partial charge < -0.3 is 0 Å². The molecule has 0 aromatic rings. The zero-order chi connectivity index (χ0) is 12.6. The van der Waals surface area contributed by atoms with Crippen LogP contribution in [0.5, 0.6) is 0 Å². The van der Waals surface area contributed by atoms with Crippen molar-refractivity contribution < 1.29 is 0 Å². The molecule has 0 aromatic heterocycles. The van der Waals surface area contributed by atoms with E-state index in [2.05, 4.69) is 41.5 Å². The van der Waals surface area contributed by atoms with Gasteiger partial charge in [0.25, 0.3) is 0 Å². The molecule has 3 unspecified atom stereocenters. The number of rotatable bonds is 9. The van der Waals surface area contributed by atoms with Crippen molar-refractivity contribution in [2.24, 2.45) is 23.7 Å². The molecule has 0 aliphatic rings. The first-order chi connectivity index (χ1) is 7.58. The van der Waals surface area contributed by atoms with Gasteiger partial charge in [0, 0.05) is 0 Å². The van der Waals surface area contributed by atoms with Gasteiger partial charge in [0.2, 0.25) is 0 Å². The van der Waals surface area contributed by atoms with Crippen LogP contribution in [0.15, 0.2) is 0 Å². The van der Waals surface area contributed by atoms with Crippen LogP contribution in [0.1, 0.15) is 80.1 Å². The second-order valence-corrected chi connectivity index (χ2v) is 5.92. The Morgan fingerprint density at radius 2 is 1.06 bits per heavy atom. The molecule has 0 aliphatic carbocycles. The highest BCUT2D eigenvalue weighted by Crippen LogP contribution is 2.36. The summed E-state index contributed by atoms with van der Waals surface area (Å²) in [5.41, 5.74) is 0. The average molecular weight is 226 g/mol. The minimum Gasteiger partial charge on any atom is -0.0654 e. The topological polar surface area (TPSA) is 0 Å². The van der Waals surface area contributed by atoms with Gasteiger partial charge in [-0.05, 0) is 23.7 Å². The Morgan fingerprint density at radius 3 is 1.44 bits per heavy atom. The lowest BCUT2D eigenvalue weighted by Crippen LogP contribution is -2.26. The van der Waals surface area contributed by atoms with Gasteiger partial charge in [0.15, 0.2) is 0 Å². The van der Waals surface area contributed by atoms with Crippen LogP contribution in [-0.2, 0) is 0 Å². The molecule has 0 aliphatic heterocycles. The van der Waals surface area contributed by atoms with Gasteiger partial charge in [-0.3, -0.25) is 0 Å². The van der Waals surface area contributed by atoms with Crippen LogP contribution in [0, 0.1) is 23.7 Å². The standard InChI is InChI=1S/C16H34/c1-7-10-14(6)16(12-9-3)15(11-8-2)13(4)5/h13-16H,7-12H2,1-6H3. The van der Waals surface area contributed by atoms with Crippen LogP contribution < -0.4 is 0 Å². The molecule has 3 atom stereocenters. The molecule has 0 amide bonds. The summed E-state index contributed by atoms with van der Waals surface area (Å²) in [7, 11) is 0. The Morgan fingerprint density at radius 1 is 0.625 bits per heavy atom. The predicted octanol–water partition coefficient (Wildman–Crippen LogP) is 5.91. The van der Waals surface area contributed by atoms with Crippen LogP contribution in [0.25, 0.3) is 0 Å². The highest BCUT2D eigenvalue weighted by molar-refractivity contribution is 4.77. The molecule has 0 rings (SSSR count). The third-order valence-corrected chi connectivity index (χ3v) is 4.13. The molecule has 0 heterocycles. The molecule has 0 nitrogen and oxygen atoms in total. The highest BCUT2D eigenvalue weighted by Gasteiger charge is 2.27. The SMILES string of the molecule is CCCC(C)C(CCC)C(CCC)C(C)C. The lowest BCUT2D eigenvalue weighted by Gasteiger charge is -2.34. The summed E-state index contributed by atoms with van der Waals surface area (Å²) in [6, 6.07) is 0. The van der Waals surface area contributed by atoms with E-state index < -0.39 is 0 Å². The molecule has 16 heavy (non-hydrogen) atoms. The van der Waals surface area contributed by atoms with E-state index in [1.807, 2.05) is 0 Å². The van der Waals surface area contributed by atoms with Crippen molar-refractivity contribution in [3.8, 4) is 0 Å². The summed E-state index contributed by atoms with van der Waals surface area (Å²) in [6.45, 7) is 14.3. The third kappa shape index (κ3) is 5.37. The van der Waals surface area contributed by atoms with Gasteiger partial charge >= 0.3 is 0 Å². The van der Waals surface area contributed by atoms with Crippen LogP contribution in [0.4, 0.5) is 0 Å². The molecular formula is C16H34. The Hall–Kier alpha value is 0. The zero-order valence-electron chi connectivity index (χ0n) is 12.6. The quantitative estimate of drug-likeness (QED) is 0.458. The lowest BCUT2D eigenvalue weighted by molar-refractivity contribution is 0.155. The third-order valence-electron chi connectivity index (χ3n) is 4.13. The fourth-order valence-corrected chi connectivity index (χ4v) is 3.30. The van der Waals surface area contributed by atoms with E-state index in [9.17, 15) is 0 Å². The smallest absolute Gasteiger partial charge is 0.0358 e. The summed E-state index contributed by atoms with van der Waals surface area (Å²) >= 11 is 0. The van der Waals surface area contributed by atoms with Gasteiger partial charge in [0.05, 0.1) is 0 Å². The fourth-order valence-electron chi connectivity index (χ4n) is 3.30. The average Bonchev–Trinajstić information content (AvgIpc) is 2.23. The monoisotopic (exact) mass is 226 g/mol. The maximum atomic E-state index is 2.48. The molecule has 98 valence electrons. The van der Waals surface area contributed by atoms with Crippen molar-refractivity contribution in [2.45, 2.75) is 80.1 Å². The first-order valence-corrected chi connectivity index (χ1v) is 7.58. The predicted molar refractivity (Wildman–Crippen MR) is 75.7 cm³/mol. The zero-order valence-corrected chi connectivity index (χ0v) is 12.6. The molecule has 0 saturated heterocycles. The number of hydrogen-bond donors (Lipinski definition) is 0. The Balaban J connectivity index is 4.54. The molecule has 0 aromatic carbocycles. The van der Waals surface area contributed by atoms with Crippen molar-refractivity contribution >= 4 is 0 Å². The fraction of sp³-hybridized carbons (Fsp3) is 1.00. The summed E-state index contributed by atoms with van der Waals surface area (Å²) in [6.07, 6.45) is 8.32. The Labute approximate surface area is 104 Å². The molecule has 0 bridgehead atoms. The van der Waals surface area contributed by atoms with E-state index in [-0.39, 0.29) is 0 Å². The summed E-state index contributed by atoms with van der Waals surface area (Å²) in [4.78, 5) is 0. The normalized spacial score (nSPS) is 17.4. The number of hydrogen-bond acceptors (Lipinski definition) is 0. The second kappa shape index (κ2) is 9.07. The molecule has 0 heteroatoms. The summed E-state index contributed by atoms with van der Waals surface area (Å²) in [5, 5.41) is 0. The van der Waals surface area contributed by atoms with Crippen molar-refractivity contribution in [3.05, 3.63) is 0 Å². The molecule has 0 spiro atoms. The van der Waals surface area contributed by atoms with Gasteiger partial charge in [0.1, 0.15) is 0 Å². The Kier molecular flexibility index (Phi) is 9.07. The molecule has 0 radical (unpaired) electrons. The highest BCUT2D eigenvalue weighted by atomic mass is 14.3. The van der Waals surface area contributed by atoms with E-state index in [1.165, 1.54) is 38.5 Å². The minimum atomic E-state index is 0.857. The van der Waals surface area contributed by atoms with E-state index >= 15 is 0 Å². The largest absolute Gasteiger partial charge is 0.0654 e. The first kappa shape index (κ1) is 16.0. The van der Waals surface area contributed by atoms with Gasteiger partial charge in [-0.1, -0.05) is 80.1 Å². The van der Waals surface area contributed by atoms with Crippen molar-refractivity contribution in [1.29, 1.82) is 0 Å². The lowest BCUT2D eigenvalue weighted by atomic mass is 9.71. The van der Waals surface area contributed by atoms with Gasteiger partial charge in [-0.15, -0.1) is 0 Å². The van der Waals surface area contributed by atoms with Crippen LogP contribution in [0.2, 0.25) is 0 Å². The van der Waals surface area contributed by atoms with Gasteiger partial charge in [-0.25, -0.2) is 0 Å². The van der Waals surface area contributed by atoms with Crippen molar-refractivity contribution in [1.82, 2.24) is 0 Å². The van der Waals surface area contributed by atoms with E-state index in [1.54, 1.807) is 0 Å². The molecule has 0 saturated carbocycles.